The summed E-state index contributed by atoms with van der Waals surface area (Å²) >= 11 is 0. The predicted molar refractivity (Wildman–Crippen MR) is 78.7 cm³/mol. The third-order valence-corrected chi connectivity index (χ3v) is 3.32. The Labute approximate surface area is 123 Å². The summed E-state index contributed by atoms with van der Waals surface area (Å²) in [5, 5.41) is 14.3. The molecule has 0 saturated heterocycles. The lowest BCUT2D eigenvalue weighted by Gasteiger charge is -2.11. The fourth-order valence-corrected chi connectivity index (χ4v) is 1.83. The molecule has 1 aliphatic rings. The van der Waals surface area contributed by atoms with E-state index in [4.69, 9.17) is 9.84 Å². The Morgan fingerprint density at radius 3 is 2.81 bits per heavy atom. The van der Waals surface area contributed by atoms with Crippen molar-refractivity contribution < 1.29 is 19.4 Å². The maximum absolute atomic E-state index is 11.7. The normalized spacial score (nSPS) is 13.8. The molecule has 21 heavy (non-hydrogen) atoms. The molecule has 1 fully saturated rings. The maximum Gasteiger partial charge on any atom is 0.335 e. The summed E-state index contributed by atoms with van der Waals surface area (Å²) in [4.78, 5) is 22.6. The van der Waals surface area contributed by atoms with Crippen LogP contribution in [0.3, 0.4) is 0 Å². The molecule has 2 rings (SSSR count). The summed E-state index contributed by atoms with van der Waals surface area (Å²) < 4.78 is 5.41. The van der Waals surface area contributed by atoms with Gasteiger partial charge in [0, 0.05) is 18.8 Å². The van der Waals surface area contributed by atoms with Gasteiger partial charge in [-0.3, -0.25) is 0 Å². The Bertz CT molecular complexity index is 526. The summed E-state index contributed by atoms with van der Waals surface area (Å²) in [6, 6.07) is 4.25. The van der Waals surface area contributed by atoms with Gasteiger partial charge < -0.3 is 20.5 Å². The van der Waals surface area contributed by atoms with E-state index in [9.17, 15) is 9.59 Å². The van der Waals surface area contributed by atoms with Gasteiger partial charge >= 0.3 is 12.0 Å². The number of aromatic carboxylic acids is 1. The van der Waals surface area contributed by atoms with E-state index >= 15 is 0 Å². The molecule has 0 heterocycles. The zero-order valence-electron chi connectivity index (χ0n) is 12.0. The summed E-state index contributed by atoms with van der Waals surface area (Å²) in [6.45, 7) is 3.48. The van der Waals surface area contributed by atoms with E-state index < -0.39 is 5.97 Å². The fraction of sp³-hybridized carbons (Fsp3) is 0.467. The van der Waals surface area contributed by atoms with Crippen molar-refractivity contribution in [3.8, 4) is 0 Å². The van der Waals surface area contributed by atoms with Crippen LogP contribution in [-0.2, 0) is 4.74 Å². The number of carboxylic acid groups (broad SMARTS) is 1. The smallest absolute Gasteiger partial charge is 0.335 e. The molecule has 0 spiro atoms. The van der Waals surface area contributed by atoms with E-state index in [2.05, 4.69) is 10.6 Å². The molecule has 3 N–H and O–H groups in total. The van der Waals surface area contributed by atoms with E-state index in [1.54, 1.807) is 13.0 Å². The molecule has 0 bridgehead atoms. The summed E-state index contributed by atoms with van der Waals surface area (Å²) in [6.07, 6.45) is 2.49. The van der Waals surface area contributed by atoms with Gasteiger partial charge in [-0.05, 0) is 43.4 Å². The van der Waals surface area contributed by atoms with Crippen molar-refractivity contribution in [2.24, 2.45) is 5.92 Å². The molecule has 1 aromatic carbocycles. The van der Waals surface area contributed by atoms with E-state index in [0.717, 1.165) is 12.2 Å². The Morgan fingerprint density at radius 1 is 1.38 bits per heavy atom. The molecule has 6 nitrogen and oxygen atoms in total. The number of anilines is 1. The van der Waals surface area contributed by atoms with Gasteiger partial charge in [0.25, 0.3) is 0 Å². The minimum absolute atomic E-state index is 0.142. The SMILES string of the molecule is Cc1ccc(C(=O)O)cc1NC(=O)NCCOCC1CC1. The first kappa shape index (κ1) is 15.3. The van der Waals surface area contributed by atoms with Crippen LogP contribution in [0.15, 0.2) is 18.2 Å². The quantitative estimate of drug-likeness (QED) is 0.673. The lowest BCUT2D eigenvalue weighted by molar-refractivity contribution is 0.0697. The van der Waals surface area contributed by atoms with Crippen molar-refractivity contribution in [1.82, 2.24) is 5.32 Å². The topological polar surface area (TPSA) is 87.7 Å². The van der Waals surface area contributed by atoms with Gasteiger partial charge in [-0.25, -0.2) is 9.59 Å². The number of hydrogen-bond donors (Lipinski definition) is 3. The van der Waals surface area contributed by atoms with Crippen LogP contribution in [0, 0.1) is 12.8 Å². The number of carbonyl (C=O) groups excluding carboxylic acids is 1. The van der Waals surface area contributed by atoms with Crippen molar-refractivity contribution in [3.05, 3.63) is 29.3 Å². The Morgan fingerprint density at radius 2 is 2.14 bits per heavy atom. The van der Waals surface area contributed by atoms with Gasteiger partial charge in [0.05, 0.1) is 12.2 Å². The lowest BCUT2D eigenvalue weighted by atomic mass is 10.1. The highest BCUT2D eigenvalue weighted by Crippen LogP contribution is 2.28. The summed E-state index contributed by atoms with van der Waals surface area (Å²) in [5.41, 5.74) is 1.44. The van der Waals surface area contributed by atoms with Crippen LogP contribution in [0.1, 0.15) is 28.8 Å². The number of hydrogen-bond acceptors (Lipinski definition) is 3. The third kappa shape index (κ3) is 5.07. The molecule has 0 atom stereocenters. The molecule has 2 amide bonds. The average molecular weight is 292 g/mol. The molecule has 0 unspecified atom stereocenters. The Balaban J connectivity index is 1.75. The van der Waals surface area contributed by atoms with E-state index in [1.807, 2.05) is 0 Å². The number of amides is 2. The second-order valence-corrected chi connectivity index (χ2v) is 5.23. The van der Waals surface area contributed by atoms with Gasteiger partial charge in [0.15, 0.2) is 0 Å². The molecule has 1 saturated carbocycles. The molecular formula is C15H20N2O4. The zero-order chi connectivity index (χ0) is 15.2. The van der Waals surface area contributed by atoms with Crippen molar-refractivity contribution in [3.63, 3.8) is 0 Å². The lowest BCUT2D eigenvalue weighted by Crippen LogP contribution is -2.32. The largest absolute Gasteiger partial charge is 0.478 e. The number of rotatable bonds is 7. The highest BCUT2D eigenvalue weighted by atomic mass is 16.5. The monoisotopic (exact) mass is 292 g/mol. The van der Waals surface area contributed by atoms with Crippen LogP contribution in [0.25, 0.3) is 0 Å². The zero-order valence-corrected chi connectivity index (χ0v) is 12.0. The van der Waals surface area contributed by atoms with Crippen LogP contribution in [-0.4, -0.2) is 36.9 Å². The second-order valence-electron chi connectivity index (χ2n) is 5.23. The second kappa shape index (κ2) is 7.08. The number of nitrogens with one attached hydrogen (secondary N) is 2. The number of carbonyl (C=O) groups is 2. The van der Waals surface area contributed by atoms with E-state index in [1.165, 1.54) is 25.0 Å². The maximum atomic E-state index is 11.7. The first-order valence-electron chi connectivity index (χ1n) is 7.03. The Kier molecular flexibility index (Phi) is 5.16. The number of ether oxygens (including phenoxy) is 1. The van der Waals surface area contributed by atoms with Gasteiger partial charge in [0.2, 0.25) is 0 Å². The predicted octanol–water partition coefficient (Wildman–Crippen LogP) is 2.24. The van der Waals surface area contributed by atoms with Crippen LogP contribution in [0.2, 0.25) is 0 Å². The van der Waals surface area contributed by atoms with Crippen LogP contribution >= 0.6 is 0 Å². The molecule has 114 valence electrons. The fourth-order valence-electron chi connectivity index (χ4n) is 1.83. The van der Waals surface area contributed by atoms with Crippen molar-refractivity contribution in [2.75, 3.05) is 25.1 Å². The van der Waals surface area contributed by atoms with E-state index in [-0.39, 0.29) is 11.6 Å². The van der Waals surface area contributed by atoms with Crippen molar-refractivity contribution in [1.29, 1.82) is 0 Å². The standard InChI is InChI=1S/C15H20N2O4/c1-10-2-5-12(14(18)19)8-13(10)17-15(20)16-6-7-21-9-11-3-4-11/h2,5,8,11H,3-4,6-7,9H2,1H3,(H,18,19)(H2,16,17,20). The number of benzene rings is 1. The summed E-state index contributed by atoms with van der Waals surface area (Å²) in [7, 11) is 0. The highest BCUT2D eigenvalue weighted by Gasteiger charge is 2.20. The molecule has 6 heteroatoms. The Hall–Kier alpha value is -2.08. The molecule has 1 aromatic rings. The molecular weight excluding hydrogens is 272 g/mol. The van der Waals surface area contributed by atoms with E-state index in [0.29, 0.717) is 24.8 Å². The molecule has 1 aliphatic carbocycles. The van der Waals surface area contributed by atoms with Gasteiger partial charge in [-0.15, -0.1) is 0 Å². The first-order valence-corrected chi connectivity index (χ1v) is 7.03. The first-order chi connectivity index (χ1) is 10.1. The molecule has 0 aliphatic heterocycles. The summed E-state index contributed by atoms with van der Waals surface area (Å²) in [5.74, 6) is -0.313. The van der Waals surface area contributed by atoms with Gasteiger partial charge in [-0.1, -0.05) is 6.07 Å². The highest BCUT2D eigenvalue weighted by molar-refractivity contribution is 5.93. The van der Waals surface area contributed by atoms with Crippen LogP contribution in [0.4, 0.5) is 10.5 Å². The minimum Gasteiger partial charge on any atom is -0.478 e. The van der Waals surface area contributed by atoms with Crippen LogP contribution < -0.4 is 10.6 Å². The number of urea groups is 1. The minimum atomic E-state index is -1.02. The molecule has 0 aromatic heterocycles. The molecule has 0 radical (unpaired) electrons. The van der Waals surface area contributed by atoms with Crippen molar-refractivity contribution in [2.45, 2.75) is 19.8 Å². The van der Waals surface area contributed by atoms with Crippen molar-refractivity contribution >= 4 is 17.7 Å². The number of carboxylic acids is 1. The third-order valence-electron chi connectivity index (χ3n) is 3.32. The number of aryl methyl sites for hydroxylation is 1. The van der Waals surface area contributed by atoms with Gasteiger partial charge in [-0.2, -0.15) is 0 Å². The van der Waals surface area contributed by atoms with Crippen LogP contribution in [0.5, 0.6) is 0 Å². The average Bonchev–Trinajstić information content (AvgIpc) is 3.24. The van der Waals surface area contributed by atoms with Gasteiger partial charge in [0.1, 0.15) is 0 Å².